The summed E-state index contributed by atoms with van der Waals surface area (Å²) in [7, 11) is 1.57. The average molecular weight is 331 g/mol. The highest BCUT2D eigenvalue weighted by atomic mass is 35.5. The third-order valence-corrected chi connectivity index (χ3v) is 4.36. The van der Waals surface area contributed by atoms with Gasteiger partial charge in [0.15, 0.2) is 0 Å². The average Bonchev–Trinajstić information content (AvgIpc) is 2.53. The maximum absolute atomic E-state index is 12.5. The molecule has 0 saturated carbocycles. The molecule has 1 fully saturated rings. The first-order valence-electron chi connectivity index (χ1n) is 7.62. The van der Waals surface area contributed by atoms with Crippen LogP contribution in [0.4, 0.5) is 10.5 Å². The summed E-state index contributed by atoms with van der Waals surface area (Å²) in [5.74, 6) is 0.600. The number of hydrogen-bond acceptors (Lipinski definition) is 2. The van der Waals surface area contributed by atoms with Crippen molar-refractivity contribution in [3.63, 3.8) is 0 Å². The number of hydrogen-bond donors (Lipinski definition) is 1. The minimum absolute atomic E-state index is 0.113. The molecule has 0 radical (unpaired) electrons. The molecular formula is C18H19ClN2O2. The van der Waals surface area contributed by atoms with E-state index < -0.39 is 0 Å². The van der Waals surface area contributed by atoms with E-state index in [-0.39, 0.29) is 12.1 Å². The largest absolute Gasteiger partial charge is 0.495 e. The number of methoxy groups -OCH3 is 1. The maximum atomic E-state index is 12.5. The van der Waals surface area contributed by atoms with Crippen LogP contribution in [0, 0.1) is 0 Å². The van der Waals surface area contributed by atoms with E-state index in [9.17, 15) is 4.79 Å². The van der Waals surface area contributed by atoms with E-state index in [1.54, 1.807) is 25.3 Å². The number of carbonyl (C=O) groups excluding carboxylic acids is 1. The molecule has 3 rings (SSSR count). The van der Waals surface area contributed by atoms with Gasteiger partial charge in [0.25, 0.3) is 0 Å². The number of anilines is 1. The number of halogens is 1. The molecule has 1 N–H and O–H groups in total. The van der Waals surface area contributed by atoms with Gasteiger partial charge in [-0.15, -0.1) is 0 Å². The fourth-order valence-electron chi connectivity index (χ4n) is 2.77. The van der Waals surface area contributed by atoms with Gasteiger partial charge in [-0.25, -0.2) is 4.79 Å². The summed E-state index contributed by atoms with van der Waals surface area (Å²) in [5, 5.41) is 3.46. The predicted octanol–water partition coefficient (Wildman–Crippen LogP) is 4.20. The second-order valence-corrected chi connectivity index (χ2v) is 6.04. The molecular weight excluding hydrogens is 312 g/mol. The second kappa shape index (κ2) is 6.92. The lowest BCUT2D eigenvalue weighted by molar-refractivity contribution is 0.125. The van der Waals surface area contributed by atoms with Gasteiger partial charge in [0.2, 0.25) is 0 Å². The maximum Gasteiger partial charge on any atom is 0.322 e. The van der Waals surface area contributed by atoms with E-state index in [1.807, 2.05) is 23.1 Å². The lowest BCUT2D eigenvalue weighted by Gasteiger charge is -2.41. The number of ether oxygens (including phenoxy) is 1. The number of nitrogens with zero attached hydrogens (tertiary/aromatic N) is 1. The first-order valence-corrected chi connectivity index (χ1v) is 8.00. The van der Waals surface area contributed by atoms with Crippen LogP contribution < -0.4 is 10.1 Å². The van der Waals surface area contributed by atoms with Gasteiger partial charge in [0.1, 0.15) is 5.75 Å². The molecule has 2 aromatic rings. The molecule has 1 aliphatic rings. The van der Waals surface area contributed by atoms with Gasteiger partial charge in [0, 0.05) is 17.6 Å². The summed E-state index contributed by atoms with van der Waals surface area (Å²) < 4.78 is 5.26. The van der Waals surface area contributed by atoms with E-state index >= 15 is 0 Å². The highest BCUT2D eigenvalue weighted by Gasteiger charge is 2.32. The highest BCUT2D eigenvalue weighted by Crippen LogP contribution is 2.29. The number of likely N-dealkylation sites (tertiary alicyclic amines) is 1. The summed E-state index contributed by atoms with van der Waals surface area (Å²) >= 11 is 6.00. The highest BCUT2D eigenvalue weighted by molar-refractivity contribution is 6.31. The number of nitrogens with one attached hydrogen (secondary N) is 1. The third kappa shape index (κ3) is 3.59. The Kier molecular flexibility index (Phi) is 4.72. The zero-order chi connectivity index (χ0) is 16.2. The lowest BCUT2D eigenvalue weighted by Crippen LogP contribution is -2.53. The van der Waals surface area contributed by atoms with Crippen molar-refractivity contribution in [2.75, 3.05) is 19.0 Å². The minimum atomic E-state index is -0.113. The number of benzene rings is 2. The van der Waals surface area contributed by atoms with Crippen molar-refractivity contribution in [2.24, 2.45) is 0 Å². The van der Waals surface area contributed by atoms with Crippen LogP contribution >= 0.6 is 11.6 Å². The quantitative estimate of drug-likeness (QED) is 0.913. The van der Waals surface area contributed by atoms with Crippen molar-refractivity contribution < 1.29 is 9.53 Å². The fourth-order valence-corrected chi connectivity index (χ4v) is 2.94. The van der Waals surface area contributed by atoms with E-state index in [0.29, 0.717) is 16.5 Å². The SMILES string of the molecule is COc1ccc(Cl)cc1NC(=O)N1CCC1Cc1ccccc1. The van der Waals surface area contributed by atoms with Crippen molar-refractivity contribution in [2.45, 2.75) is 18.9 Å². The zero-order valence-corrected chi connectivity index (χ0v) is 13.7. The Hall–Kier alpha value is -2.20. The van der Waals surface area contributed by atoms with Crippen LogP contribution in [0.5, 0.6) is 5.75 Å². The molecule has 1 unspecified atom stereocenters. The summed E-state index contributed by atoms with van der Waals surface area (Å²) in [6.07, 6.45) is 1.90. The van der Waals surface area contributed by atoms with Gasteiger partial charge < -0.3 is 15.0 Å². The van der Waals surface area contributed by atoms with E-state index in [1.165, 1.54) is 5.56 Å². The standard InChI is InChI=1S/C18H19ClN2O2/c1-23-17-8-7-14(19)12-16(17)20-18(22)21-10-9-15(21)11-13-5-3-2-4-6-13/h2-8,12,15H,9-11H2,1H3,(H,20,22). The molecule has 1 heterocycles. The molecule has 1 atom stereocenters. The van der Waals surface area contributed by atoms with Crippen LogP contribution in [-0.4, -0.2) is 30.6 Å². The fraction of sp³-hybridized carbons (Fsp3) is 0.278. The molecule has 0 bridgehead atoms. The van der Waals surface area contributed by atoms with Crippen molar-refractivity contribution in [1.29, 1.82) is 0 Å². The molecule has 0 spiro atoms. The molecule has 4 nitrogen and oxygen atoms in total. The lowest BCUT2D eigenvalue weighted by atomic mass is 9.96. The van der Waals surface area contributed by atoms with Gasteiger partial charge in [0.05, 0.1) is 12.8 Å². The predicted molar refractivity (Wildman–Crippen MR) is 92.3 cm³/mol. The Balaban J connectivity index is 1.66. The molecule has 2 amide bonds. The first kappa shape index (κ1) is 15.7. The summed E-state index contributed by atoms with van der Waals surface area (Å²) in [6.45, 7) is 0.770. The van der Waals surface area contributed by atoms with Gasteiger partial charge >= 0.3 is 6.03 Å². The molecule has 23 heavy (non-hydrogen) atoms. The Bertz CT molecular complexity index is 691. The van der Waals surface area contributed by atoms with Crippen LogP contribution in [0.2, 0.25) is 5.02 Å². The van der Waals surface area contributed by atoms with Crippen LogP contribution in [0.15, 0.2) is 48.5 Å². The monoisotopic (exact) mass is 330 g/mol. The van der Waals surface area contributed by atoms with E-state index in [0.717, 1.165) is 19.4 Å². The molecule has 5 heteroatoms. The van der Waals surface area contributed by atoms with Gasteiger partial charge in [-0.1, -0.05) is 41.9 Å². The molecule has 2 aromatic carbocycles. The van der Waals surface area contributed by atoms with Gasteiger partial charge in [-0.2, -0.15) is 0 Å². The van der Waals surface area contributed by atoms with Crippen LogP contribution in [0.25, 0.3) is 0 Å². The topological polar surface area (TPSA) is 41.6 Å². The smallest absolute Gasteiger partial charge is 0.322 e. The summed E-state index contributed by atoms with van der Waals surface area (Å²) in [4.78, 5) is 14.3. The minimum Gasteiger partial charge on any atom is -0.495 e. The van der Waals surface area contributed by atoms with Crippen molar-refractivity contribution >= 4 is 23.3 Å². The Morgan fingerprint density at radius 3 is 2.74 bits per heavy atom. The van der Waals surface area contributed by atoms with Crippen LogP contribution in [0.1, 0.15) is 12.0 Å². The molecule has 0 aliphatic carbocycles. The summed E-state index contributed by atoms with van der Waals surface area (Å²) in [5.41, 5.74) is 1.84. The number of urea groups is 1. The van der Waals surface area contributed by atoms with Crippen molar-refractivity contribution in [3.05, 3.63) is 59.1 Å². The molecule has 1 saturated heterocycles. The Morgan fingerprint density at radius 2 is 2.09 bits per heavy atom. The van der Waals surface area contributed by atoms with Crippen LogP contribution in [0.3, 0.4) is 0 Å². The molecule has 120 valence electrons. The van der Waals surface area contributed by atoms with Crippen molar-refractivity contribution in [1.82, 2.24) is 4.90 Å². The summed E-state index contributed by atoms with van der Waals surface area (Å²) in [6, 6.07) is 15.5. The molecule has 0 aromatic heterocycles. The first-order chi connectivity index (χ1) is 11.2. The Morgan fingerprint density at radius 1 is 1.30 bits per heavy atom. The van der Waals surface area contributed by atoms with Crippen LogP contribution in [-0.2, 0) is 6.42 Å². The number of rotatable bonds is 4. The zero-order valence-electron chi connectivity index (χ0n) is 13.0. The van der Waals surface area contributed by atoms with Gasteiger partial charge in [-0.05, 0) is 36.6 Å². The molecule has 1 aliphatic heterocycles. The Labute approximate surface area is 141 Å². The van der Waals surface area contributed by atoms with E-state index in [4.69, 9.17) is 16.3 Å². The van der Waals surface area contributed by atoms with E-state index in [2.05, 4.69) is 17.4 Å². The number of amides is 2. The van der Waals surface area contributed by atoms with Gasteiger partial charge in [-0.3, -0.25) is 0 Å². The third-order valence-electron chi connectivity index (χ3n) is 4.12. The van der Waals surface area contributed by atoms with Crippen molar-refractivity contribution in [3.8, 4) is 5.75 Å². The second-order valence-electron chi connectivity index (χ2n) is 5.60. The normalized spacial score (nSPS) is 16.6. The number of carbonyl (C=O) groups is 1.